The summed E-state index contributed by atoms with van der Waals surface area (Å²) in [4.78, 5) is 11.9. The highest BCUT2D eigenvalue weighted by molar-refractivity contribution is 6.05. The monoisotopic (exact) mass is 226 g/mol. The number of aromatic amines is 1. The first-order chi connectivity index (χ1) is 8.22. The zero-order valence-corrected chi connectivity index (χ0v) is 9.19. The quantitative estimate of drug-likeness (QED) is 0.819. The number of aromatic nitrogens is 2. The van der Waals surface area contributed by atoms with E-state index < -0.39 is 0 Å². The lowest BCUT2D eigenvalue weighted by Gasteiger charge is -2.05. The molecule has 2 aromatic rings. The van der Waals surface area contributed by atoms with Crippen molar-refractivity contribution in [2.75, 3.05) is 5.32 Å². The van der Waals surface area contributed by atoms with Crippen LogP contribution in [0.5, 0.6) is 0 Å². The molecule has 5 nitrogen and oxygen atoms in total. The summed E-state index contributed by atoms with van der Waals surface area (Å²) in [5, 5.41) is 18.0. The van der Waals surface area contributed by atoms with Crippen molar-refractivity contribution >= 4 is 11.6 Å². The Balaban J connectivity index is 2.26. The Morgan fingerprint density at radius 3 is 2.88 bits per heavy atom. The van der Waals surface area contributed by atoms with Crippen LogP contribution in [0.4, 0.5) is 5.69 Å². The van der Waals surface area contributed by atoms with Gasteiger partial charge in [0.15, 0.2) is 0 Å². The van der Waals surface area contributed by atoms with Gasteiger partial charge in [0, 0.05) is 5.69 Å². The van der Waals surface area contributed by atoms with Gasteiger partial charge in [0.05, 0.1) is 23.0 Å². The normalized spacial score (nSPS) is 9.65. The molecule has 0 aliphatic rings. The number of carbonyl (C=O) groups excluding carboxylic acids is 1. The van der Waals surface area contributed by atoms with Gasteiger partial charge in [-0.25, -0.2) is 0 Å². The molecule has 0 spiro atoms. The van der Waals surface area contributed by atoms with Crippen LogP contribution in [-0.4, -0.2) is 16.1 Å². The summed E-state index contributed by atoms with van der Waals surface area (Å²) in [6.45, 7) is 1.76. The molecule has 0 atom stereocenters. The van der Waals surface area contributed by atoms with Crippen LogP contribution in [0.2, 0.25) is 0 Å². The third-order valence-corrected chi connectivity index (χ3v) is 2.37. The highest BCUT2D eigenvalue weighted by Crippen LogP contribution is 2.15. The van der Waals surface area contributed by atoms with Crippen LogP contribution in [0.3, 0.4) is 0 Å². The van der Waals surface area contributed by atoms with E-state index >= 15 is 0 Å². The number of nitrogens with zero attached hydrogens (tertiary/aromatic N) is 2. The Morgan fingerprint density at radius 1 is 1.47 bits per heavy atom. The van der Waals surface area contributed by atoms with Gasteiger partial charge in [-0.2, -0.15) is 10.4 Å². The maximum atomic E-state index is 11.9. The molecule has 0 saturated heterocycles. The third kappa shape index (κ3) is 2.16. The molecule has 0 radical (unpaired) electrons. The molecule has 2 N–H and O–H groups in total. The van der Waals surface area contributed by atoms with Crippen molar-refractivity contribution in [2.24, 2.45) is 0 Å². The number of nitrogens with one attached hydrogen (secondary N) is 2. The fraction of sp³-hybridized carbons (Fsp3) is 0.0833. The van der Waals surface area contributed by atoms with E-state index in [0.717, 1.165) is 0 Å². The van der Waals surface area contributed by atoms with Crippen molar-refractivity contribution in [1.82, 2.24) is 10.2 Å². The number of carbonyl (C=O) groups is 1. The number of aryl methyl sites for hydroxylation is 1. The summed E-state index contributed by atoms with van der Waals surface area (Å²) in [7, 11) is 0. The van der Waals surface area contributed by atoms with E-state index in [4.69, 9.17) is 5.26 Å². The summed E-state index contributed by atoms with van der Waals surface area (Å²) in [6, 6.07) is 8.87. The molecule has 84 valence electrons. The van der Waals surface area contributed by atoms with E-state index in [2.05, 4.69) is 15.5 Å². The molecule has 17 heavy (non-hydrogen) atoms. The van der Waals surface area contributed by atoms with E-state index in [1.54, 1.807) is 31.2 Å². The largest absolute Gasteiger partial charge is 0.321 e. The summed E-state index contributed by atoms with van der Waals surface area (Å²) < 4.78 is 0. The van der Waals surface area contributed by atoms with E-state index in [1.165, 1.54) is 6.20 Å². The maximum absolute atomic E-state index is 11.9. The number of nitriles is 1. The molecule has 1 aromatic heterocycles. The van der Waals surface area contributed by atoms with Gasteiger partial charge in [-0.05, 0) is 19.1 Å². The standard InChI is InChI=1S/C12H10N4O/c1-8-10(7-14-16-8)12(17)15-11-5-3-2-4-9(11)6-13/h2-5,7H,1H3,(H,14,16)(H,15,17). The average Bonchev–Trinajstić information content (AvgIpc) is 2.76. The zero-order chi connectivity index (χ0) is 12.3. The molecule has 0 saturated carbocycles. The minimum absolute atomic E-state index is 0.279. The summed E-state index contributed by atoms with van der Waals surface area (Å²) in [5.74, 6) is -0.279. The summed E-state index contributed by atoms with van der Waals surface area (Å²) >= 11 is 0. The minimum Gasteiger partial charge on any atom is -0.321 e. The summed E-state index contributed by atoms with van der Waals surface area (Å²) in [6.07, 6.45) is 1.46. The van der Waals surface area contributed by atoms with Crippen molar-refractivity contribution in [3.05, 3.63) is 47.3 Å². The van der Waals surface area contributed by atoms with Crippen LogP contribution in [-0.2, 0) is 0 Å². The number of anilines is 1. The first-order valence-corrected chi connectivity index (χ1v) is 5.03. The molecule has 0 bridgehead atoms. The van der Waals surface area contributed by atoms with Gasteiger partial charge >= 0.3 is 0 Å². The number of amides is 1. The molecule has 1 aromatic carbocycles. The van der Waals surface area contributed by atoms with Crippen molar-refractivity contribution in [3.8, 4) is 6.07 Å². The lowest BCUT2D eigenvalue weighted by Crippen LogP contribution is -2.13. The van der Waals surface area contributed by atoms with E-state index in [1.807, 2.05) is 6.07 Å². The maximum Gasteiger partial charge on any atom is 0.259 e. The molecule has 1 amide bonds. The summed E-state index contributed by atoms with van der Waals surface area (Å²) in [5.41, 5.74) is 2.09. The molecule has 1 heterocycles. The highest BCUT2D eigenvalue weighted by atomic mass is 16.1. The van der Waals surface area contributed by atoms with Crippen molar-refractivity contribution in [1.29, 1.82) is 5.26 Å². The van der Waals surface area contributed by atoms with Crippen LogP contribution in [0, 0.1) is 18.3 Å². The molecule has 0 fully saturated rings. The predicted molar refractivity (Wildman–Crippen MR) is 62.4 cm³/mol. The van der Waals surface area contributed by atoms with Crippen LogP contribution in [0.15, 0.2) is 30.5 Å². The Morgan fingerprint density at radius 2 is 2.24 bits per heavy atom. The SMILES string of the molecule is Cc1[nH]ncc1C(=O)Nc1ccccc1C#N. The first kappa shape index (κ1) is 10.9. The molecule has 0 aliphatic carbocycles. The third-order valence-electron chi connectivity index (χ3n) is 2.37. The lowest BCUT2D eigenvalue weighted by molar-refractivity contribution is 0.102. The number of rotatable bonds is 2. The second kappa shape index (κ2) is 4.49. The number of para-hydroxylation sites is 1. The van der Waals surface area contributed by atoms with Crippen LogP contribution in [0.25, 0.3) is 0 Å². The van der Waals surface area contributed by atoms with Gasteiger partial charge < -0.3 is 5.32 Å². The Kier molecular flexibility index (Phi) is 2.88. The van der Waals surface area contributed by atoms with E-state index in [0.29, 0.717) is 22.5 Å². The molecule has 5 heteroatoms. The minimum atomic E-state index is -0.279. The zero-order valence-electron chi connectivity index (χ0n) is 9.19. The molecular formula is C12H10N4O. The van der Waals surface area contributed by atoms with Gasteiger partial charge in [-0.15, -0.1) is 0 Å². The number of hydrogen-bond donors (Lipinski definition) is 2. The molecule has 0 unspecified atom stereocenters. The number of H-pyrrole nitrogens is 1. The molecular weight excluding hydrogens is 216 g/mol. The van der Waals surface area contributed by atoms with E-state index in [9.17, 15) is 4.79 Å². The van der Waals surface area contributed by atoms with Gasteiger partial charge in [0.25, 0.3) is 5.91 Å². The van der Waals surface area contributed by atoms with Gasteiger partial charge in [-0.3, -0.25) is 9.89 Å². The Labute approximate surface area is 98.1 Å². The fourth-order valence-corrected chi connectivity index (χ4v) is 1.46. The smallest absolute Gasteiger partial charge is 0.259 e. The van der Waals surface area contributed by atoms with E-state index in [-0.39, 0.29) is 5.91 Å². The lowest BCUT2D eigenvalue weighted by atomic mass is 10.2. The second-order valence-corrected chi connectivity index (χ2v) is 3.52. The van der Waals surface area contributed by atoms with Gasteiger partial charge in [0.1, 0.15) is 6.07 Å². The van der Waals surface area contributed by atoms with Crippen LogP contribution < -0.4 is 5.32 Å². The number of benzene rings is 1. The number of hydrogen-bond acceptors (Lipinski definition) is 3. The average molecular weight is 226 g/mol. The van der Waals surface area contributed by atoms with Gasteiger partial charge in [0.2, 0.25) is 0 Å². The van der Waals surface area contributed by atoms with Crippen molar-refractivity contribution < 1.29 is 4.79 Å². The Bertz CT molecular complexity index is 595. The Hall–Kier alpha value is -2.61. The van der Waals surface area contributed by atoms with Crippen molar-refractivity contribution in [3.63, 3.8) is 0 Å². The van der Waals surface area contributed by atoms with Gasteiger partial charge in [-0.1, -0.05) is 12.1 Å². The van der Waals surface area contributed by atoms with Crippen LogP contribution >= 0.6 is 0 Å². The van der Waals surface area contributed by atoms with Crippen molar-refractivity contribution in [2.45, 2.75) is 6.92 Å². The molecule has 0 aliphatic heterocycles. The topological polar surface area (TPSA) is 81.6 Å². The second-order valence-electron chi connectivity index (χ2n) is 3.52. The highest BCUT2D eigenvalue weighted by Gasteiger charge is 2.12. The first-order valence-electron chi connectivity index (χ1n) is 5.03. The molecule has 2 rings (SSSR count). The predicted octanol–water partition coefficient (Wildman–Crippen LogP) is 1.84. The fourth-order valence-electron chi connectivity index (χ4n) is 1.46. The van der Waals surface area contributed by atoms with Crippen LogP contribution in [0.1, 0.15) is 21.6 Å².